The zero-order chi connectivity index (χ0) is 15.6. The summed E-state index contributed by atoms with van der Waals surface area (Å²) >= 11 is 0. The summed E-state index contributed by atoms with van der Waals surface area (Å²) < 4.78 is 12.2. The molecule has 5 atom stereocenters. The number of carbonyl (C=O) groups is 1. The number of ketones is 1. The van der Waals surface area contributed by atoms with Gasteiger partial charge in [0.2, 0.25) is 0 Å². The summed E-state index contributed by atoms with van der Waals surface area (Å²) in [4.78, 5) is 11.7. The molecule has 0 radical (unpaired) electrons. The maximum atomic E-state index is 11.7. The molecule has 2 unspecified atom stereocenters. The van der Waals surface area contributed by atoms with Gasteiger partial charge in [-0.05, 0) is 60.3 Å². The zero-order valence-electron chi connectivity index (χ0n) is 13.7. The maximum Gasteiger partial charge on any atom is 0.156 e. The molecule has 23 heavy (non-hydrogen) atoms. The van der Waals surface area contributed by atoms with Gasteiger partial charge in [-0.1, -0.05) is 19.1 Å². The molecule has 0 N–H and O–H groups in total. The Bertz CT molecular complexity index is 656. The Morgan fingerprint density at radius 3 is 2.96 bits per heavy atom. The number of hydrogen-bond acceptors (Lipinski definition) is 3. The molecule has 0 aromatic rings. The molecule has 0 aromatic carbocycles. The van der Waals surface area contributed by atoms with Crippen molar-refractivity contribution in [3.05, 3.63) is 34.9 Å². The SMILES string of the molecule is C[C@]12C=CC3=C4CCC(=O)C=C4CC[C@H]3[C@@H]1CC1OCCOC12. The summed E-state index contributed by atoms with van der Waals surface area (Å²) in [6.45, 7) is 3.83. The second kappa shape index (κ2) is 4.90. The van der Waals surface area contributed by atoms with Crippen LogP contribution in [0.25, 0.3) is 0 Å². The van der Waals surface area contributed by atoms with Crippen molar-refractivity contribution in [3.63, 3.8) is 0 Å². The van der Waals surface area contributed by atoms with Crippen LogP contribution in [0.15, 0.2) is 34.9 Å². The van der Waals surface area contributed by atoms with Crippen molar-refractivity contribution in [2.24, 2.45) is 17.3 Å². The van der Waals surface area contributed by atoms with Crippen LogP contribution in [0.4, 0.5) is 0 Å². The molecule has 0 amide bonds. The molecule has 1 aliphatic heterocycles. The first-order chi connectivity index (χ1) is 11.2. The van der Waals surface area contributed by atoms with Crippen LogP contribution in [-0.2, 0) is 14.3 Å². The van der Waals surface area contributed by atoms with Crippen molar-refractivity contribution in [3.8, 4) is 0 Å². The molecule has 0 spiro atoms. The van der Waals surface area contributed by atoms with Crippen LogP contribution >= 0.6 is 0 Å². The fourth-order valence-electron chi connectivity index (χ4n) is 5.79. The predicted octanol–water partition coefficient (Wildman–Crippen LogP) is 3.36. The van der Waals surface area contributed by atoms with Crippen LogP contribution in [0.5, 0.6) is 0 Å². The van der Waals surface area contributed by atoms with Crippen LogP contribution in [0.1, 0.15) is 39.0 Å². The molecule has 1 saturated carbocycles. The van der Waals surface area contributed by atoms with Gasteiger partial charge in [-0.15, -0.1) is 0 Å². The third-order valence-corrected chi connectivity index (χ3v) is 6.87. The smallest absolute Gasteiger partial charge is 0.156 e. The summed E-state index contributed by atoms with van der Waals surface area (Å²) in [6, 6.07) is 0. The van der Waals surface area contributed by atoms with Gasteiger partial charge in [0.1, 0.15) is 0 Å². The number of carbonyl (C=O) groups excluding carboxylic acids is 1. The number of ether oxygens (including phenoxy) is 2. The second-order valence-electron chi connectivity index (χ2n) is 7.96. The lowest BCUT2D eigenvalue weighted by atomic mass is 9.60. The van der Waals surface area contributed by atoms with E-state index in [1.54, 1.807) is 0 Å². The summed E-state index contributed by atoms with van der Waals surface area (Å²) in [5.74, 6) is 1.53. The van der Waals surface area contributed by atoms with Crippen molar-refractivity contribution < 1.29 is 14.3 Å². The van der Waals surface area contributed by atoms with E-state index in [0.717, 1.165) is 32.5 Å². The summed E-state index contributed by atoms with van der Waals surface area (Å²) in [7, 11) is 0. The lowest BCUT2D eigenvalue weighted by Crippen LogP contribution is -2.45. The van der Waals surface area contributed by atoms with E-state index in [2.05, 4.69) is 19.1 Å². The number of fused-ring (bicyclic) bond motifs is 6. The Balaban J connectivity index is 1.58. The van der Waals surface area contributed by atoms with Gasteiger partial charge in [-0.25, -0.2) is 0 Å². The highest BCUT2D eigenvalue weighted by Crippen LogP contribution is 2.58. The summed E-state index contributed by atoms with van der Waals surface area (Å²) in [5, 5.41) is 0. The molecule has 4 aliphatic carbocycles. The van der Waals surface area contributed by atoms with Gasteiger partial charge in [0.05, 0.1) is 25.4 Å². The quantitative estimate of drug-likeness (QED) is 0.688. The van der Waals surface area contributed by atoms with E-state index >= 15 is 0 Å². The molecule has 2 fully saturated rings. The van der Waals surface area contributed by atoms with Gasteiger partial charge >= 0.3 is 0 Å². The van der Waals surface area contributed by atoms with Gasteiger partial charge in [0.15, 0.2) is 5.78 Å². The van der Waals surface area contributed by atoms with Gasteiger partial charge in [-0.3, -0.25) is 4.79 Å². The molecular weight excluding hydrogens is 288 g/mol. The van der Waals surface area contributed by atoms with E-state index < -0.39 is 0 Å². The highest BCUT2D eigenvalue weighted by Gasteiger charge is 2.57. The first-order valence-corrected chi connectivity index (χ1v) is 9.06. The summed E-state index contributed by atoms with van der Waals surface area (Å²) in [5.41, 5.74) is 4.39. The lowest BCUT2D eigenvalue weighted by molar-refractivity contribution is -0.148. The number of hydrogen-bond donors (Lipinski definition) is 0. The van der Waals surface area contributed by atoms with Crippen LogP contribution in [0, 0.1) is 17.3 Å². The largest absolute Gasteiger partial charge is 0.373 e. The minimum Gasteiger partial charge on any atom is -0.373 e. The van der Waals surface area contributed by atoms with Crippen LogP contribution < -0.4 is 0 Å². The third-order valence-electron chi connectivity index (χ3n) is 6.87. The lowest BCUT2D eigenvalue weighted by Gasteiger charge is -2.45. The highest BCUT2D eigenvalue weighted by atomic mass is 16.6. The Hall–Kier alpha value is -1.19. The van der Waals surface area contributed by atoms with E-state index in [1.807, 2.05) is 6.08 Å². The summed E-state index contributed by atoms with van der Waals surface area (Å²) in [6.07, 6.45) is 12.1. The minimum absolute atomic E-state index is 0.103. The molecule has 5 aliphatic rings. The first kappa shape index (κ1) is 14.2. The Labute approximate surface area is 137 Å². The van der Waals surface area contributed by atoms with E-state index in [1.165, 1.54) is 23.1 Å². The standard InChI is InChI=1S/C20H24O3/c1-20-7-6-15-14-5-3-13(21)10-12(14)2-4-16(15)17(20)11-18-19(20)23-9-8-22-18/h6-7,10,16-19H,2-5,8-9,11H2,1H3/t16-,17+,18?,19?,20+/m1/s1. The first-order valence-electron chi connectivity index (χ1n) is 9.06. The normalized spacial score (nSPS) is 45.1. The van der Waals surface area contributed by atoms with Crippen molar-refractivity contribution >= 4 is 5.78 Å². The monoisotopic (exact) mass is 312 g/mol. The zero-order valence-corrected chi connectivity index (χ0v) is 13.7. The van der Waals surface area contributed by atoms with Gasteiger partial charge in [0.25, 0.3) is 0 Å². The van der Waals surface area contributed by atoms with Crippen LogP contribution in [-0.4, -0.2) is 31.2 Å². The second-order valence-corrected chi connectivity index (χ2v) is 7.96. The molecule has 5 rings (SSSR count). The highest BCUT2D eigenvalue weighted by molar-refractivity contribution is 5.93. The third kappa shape index (κ3) is 1.93. The number of allylic oxidation sites excluding steroid dienone is 5. The molecule has 3 heteroatoms. The minimum atomic E-state index is 0.103. The average Bonchev–Trinajstić information content (AvgIpc) is 2.87. The van der Waals surface area contributed by atoms with Gasteiger partial charge in [-0.2, -0.15) is 0 Å². The van der Waals surface area contributed by atoms with Gasteiger partial charge < -0.3 is 9.47 Å². The predicted molar refractivity (Wildman–Crippen MR) is 86.9 cm³/mol. The molecule has 3 nitrogen and oxygen atoms in total. The topological polar surface area (TPSA) is 35.5 Å². The van der Waals surface area contributed by atoms with E-state index in [0.29, 0.717) is 24.0 Å². The fraction of sp³-hybridized carbons (Fsp3) is 0.650. The van der Waals surface area contributed by atoms with Crippen LogP contribution in [0.3, 0.4) is 0 Å². The molecule has 1 heterocycles. The van der Waals surface area contributed by atoms with E-state index in [9.17, 15) is 4.79 Å². The average molecular weight is 312 g/mol. The molecule has 0 aromatic heterocycles. The van der Waals surface area contributed by atoms with Crippen LogP contribution in [0.2, 0.25) is 0 Å². The van der Waals surface area contributed by atoms with Crippen molar-refractivity contribution in [2.75, 3.05) is 13.2 Å². The van der Waals surface area contributed by atoms with Crippen molar-refractivity contribution in [1.29, 1.82) is 0 Å². The number of rotatable bonds is 0. The molecule has 0 bridgehead atoms. The molecular formula is C20H24O3. The Morgan fingerprint density at radius 2 is 2.04 bits per heavy atom. The van der Waals surface area contributed by atoms with Gasteiger partial charge in [0, 0.05) is 11.8 Å². The molecule has 122 valence electrons. The van der Waals surface area contributed by atoms with Crippen molar-refractivity contribution in [1.82, 2.24) is 0 Å². The molecule has 1 saturated heterocycles. The Morgan fingerprint density at radius 1 is 1.17 bits per heavy atom. The van der Waals surface area contributed by atoms with E-state index in [-0.39, 0.29) is 17.6 Å². The maximum absolute atomic E-state index is 11.7. The van der Waals surface area contributed by atoms with Crippen molar-refractivity contribution in [2.45, 2.75) is 51.2 Å². The fourth-order valence-corrected chi connectivity index (χ4v) is 5.79. The van der Waals surface area contributed by atoms with E-state index in [4.69, 9.17) is 9.47 Å². The Kier molecular flexibility index (Phi) is 3.02.